The molecule has 2 heterocycles. The van der Waals surface area contributed by atoms with E-state index in [2.05, 4.69) is 27.5 Å². The lowest BCUT2D eigenvalue weighted by atomic mass is 10.0. The van der Waals surface area contributed by atoms with Crippen LogP contribution in [0.1, 0.15) is 38.2 Å². The molecule has 1 saturated heterocycles. The second kappa shape index (κ2) is 7.00. The van der Waals surface area contributed by atoms with E-state index in [0.29, 0.717) is 18.5 Å². The molecule has 23 heavy (non-hydrogen) atoms. The highest BCUT2D eigenvalue weighted by Crippen LogP contribution is 2.13. The largest absolute Gasteiger partial charge is 0.353 e. The van der Waals surface area contributed by atoms with Gasteiger partial charge in [0, 0.05) is 18.5 Å². The summed E-state index contributed by atoms with van der Waals surface area (Å²) in [7, 11) is 0. The third kappa shape index (κ3) is 4.22. The lowest BCUT2D eigenvalue weighted by Crippen LogP contribution is -2.46. The first-order chi connectivity index (χ1) is 11.1. The van der Waals surface area contributed by atoms with E-state index in [0.717, 1.165) is 48.8 Å². The van der Waals surface area contributed by atoms with Gasteiger partial charge in [0.15, 0.2) is 0 Å². The van der Waals surface area contributed by atoms with Gasteiger partial charge in [-0.2, -0.15) is 0 Å². The molecule has 0 aliphatic carbocycles. The Hall–Kier alpha value is -2.08. The third-order valence-corrected chi connectivity index (χ3v) is 4.44. The highest BCUT2D eigenvalue weighted by molar-refractivity contribution is 5.76. The van der Waals surface area contributed by atoms with Gasteiger partial charge in [0.25, 0.3) is 0 Å². The fourth-order valence-electron chi connectivity index (χ4n) is 3.25. The van der Waals surface area contributed by atoms with Crippen molar-refractivity contribution < 1.29 is 4.79 Å². The van der Waals surface area contributed by atoms with Gasteiger partial charge >= 0.3 is 5.69 Å². The molecule has 124 valence electrons. The zero-order valence-electron chi connectivity index (χ0n) is 13.4. The smallest absolute Gasteiger partial charge is 0.323 e. The van der Waals surface area contributed by atoms with Crippen molar-refractivity contribution in [3.8, 4) is 0 Å². The van der Waals surface area contributed by atoms with Crippen LogP contribution in [0.4, 0.5) is 0 Å². The van der Waals surface area contributed by atoms with Crippen LogP contribution in [0.5, 0.6) is 0 Å². The van der Waals surface area contributed by atoms with E-state index in [9.17, 15) is 9.59 Å². The summed E-state index contributed by atoms with van der Waals surface area (Å²) in [6.45, 7) is 3.13. The summed E-state index contributed by atoms with van der Waals surface area (Å²) in [6, 6.07) is 6.65. The number of fused-ring (bicyclic) bond motifs is 1. The number of aryl methyl sites for hydroxylation is 1. The average Bonchev–Trinajstić information content (AvgIpc) is 2.86. The monoisotopic (exact) mass is 316 g/mol. The van der Waals surface area contributed by atoms with Crippen LogP contribution in [0.3, 0.4) is 0 Å². The minimum absolute atomic E-state index is 0.139. The number of imidazole rings is 1. The molecule has 0 saturated carbocycles. The van der Waals surface area contributed by atoms with Crippen molar-refractivity contribution in [1.82, 2.24) is 20.6 Å². The predicted octanol–water partition coefficient (Wildman–Crippen LogP) is 1.44. The van der Waals surface area contributed by atoms with Crippen LogP contribution in [0, 0.1) is 0 Å². The summed E-state index contributed by atoms with van der Waals surface area (Å²) in [5.74, 6) is 0.139. The van der Waals surface area contributed by atoms with Crippen molar-refractivity contribution in [3.63, 3.8) is 0 Å². The molecule has 6 nitrogen and oxygen atoms in total. The summed E-state index contributed by atoms with van der Waals surface area (Å²) >= 11 is 0. The number of hydrogen-bond acceptors (Lipinski definition) is 3. The van der Waals surface area contributed by atoms with Crippen LogP contribution in [0.15, 0.2) is 23.0 Å². The zero-order valence-corrected chi connectivity index (χ0v) is 13.4. The maximum Gasteiger partial charge on any atom is 0.323 e. The van der Waals surface area contributed by atoms with Gasteiger partial charge in [-0.05, 0) is 56.8 Å². The summed E-state index contributed by atoms with van der Waals surface area (Å²) in [4.78, 5) is 28.8. The maximum atomic E-state index is 12.0. The van der Waals surface area contributed by atoms with Crippen molar-refractivity contribution in [1.29, 1.82) is 0 Å². The second-order valence-electron chi connectivity index (χ2n) is 6.46. The number of carbonyl (C=O) groups is 1. The van der Waals surface area contributed by atoms with E-state index >= 15 is 0 Å². The summed E-state index contributed by atoms with van der Waals surface area (Å²) in [5.41, 5.74) is 2.58. The number of piperidine rings is 1. The van der Waals surface area contributed by atoms with Crippen molar-refractivity contribution in [3.05, 3.63) is 34.2 Å². The van der Waals surface area contributed by atoms with E-state index in [1.807, 2.05) is 18.2 Å². The Morgan fingerprint density at radius 3 is 2.96 bits per heavy atom. The predicted molar refractivity (Wildman–Crippen MR) is 90.5 cm³/mol. The number of H-pyrrole nitrogens is 2. The Kier molecular flexibility index (Phi) is 4.81. The molecule has 0 radical (unpaired) electrons. The van der Waals surface area contributed by atoms with Crippen molar-refractivity contribution in [2.75, 3.05) is 6.54 Å². The Morgan fingerprint density at radius 2 is 2.13 bits per heavy atom. The molecule has 2 unspecified atom stereocenters. The quantitative estimate of drug-likeness (QED) is 0.673. The van der Waals surface area contributed by atoms with Gasteiger partial charge in [-0.3, -0.25) is 4.79 Å². The molecule has 6 heteroatoms. The number of carbonyl (C=O) groups excluding carboxylic acids is 1. The minimum atomic E-state index is -0.187. The van der Waals surface area contributed by atoms with Crippen LogP contribution >= 0.6 is 0 Å². The molecule has 0 bridgehead atoms. The molecule has 2 aromatic rings. The van der Waals surface area contributed by atoms with Gasteiger partial charge in [-0.15, -0.1) is 0 Å². The SMILES string of the molecule is CC1CC(NC(=O)CCCc2ccc3[nH]c(=O)[nH]c3c2)CCN1. The van der Waals surface area contributed by atoms with Crippen LogP contribution < -0.4 is 16.3 Å². The number of amides is 1. The molecule has 0 spiro atoms. The summed E-state index contributed by atoms with van der Waals surface area (Å²) in [5, 5.41) is 6.52. The molecule has 2 atom stereocenters. The topological polar surface area (TPSA) is 89.8 Å². The van der Waals surface area contributed by atoms with E-state index in [-0.39, 0.29) is 11.6 Å². The van der Waals surface area contributed by atoms with Crippen LogP contribution in [-0.4, -0.2) is 34.5 Å². The number of benzene rings is 1. The van der Waals surface area contributed by atoms with Crippen molar-refractivity contribution >= 4 is 16.9 Å². The highest BCUT2D eigenvalue weighted by Gasteiger charge is 2.19. The Labute approximate surface area is 135 Å². The average molecular weight is 316 g/mol. The highest BCUT2D eigenvalue weighted by atomic mass is 16.1. The standard InChI is InChI=1S/C17H24N4O2/c1-11-9-13(7-8-18-11)19-16(22)4-2-3-12-5-6-14-15(10-12)21-17(23)20-14/h5-6,10-11,13,18H,2-4,7-9H2,1H3,(H,19,22)(H2,20,21,23). The molecular formula is C17H24N4O2. The number of hydrogen-bond donors (Lipinski definition) is 4. The van der Waals surface area contributed by atoms with Gasteiger partial charge in [0.1, 0.15) is 0 Å². The number of nitrogens with one attached hydrogen (secondary N) is 4. The summed E-state index contributed by atoms with van der Waals surface area (Å²) in [6.07, 6.45) is 4.20. The fourth-order valence-corrected chi connectivity index (χ4v) is 3.25. The molecule has 1 aromatic carbocycles. The van der Waals surface area contributed by atoms with E-state index in [4.69, 9.17) is 0 Å². The van der Waals surface area contributed by atoms with Gasteiger partial charge < -0.3 is 20.6 Å². The third-order valence-electron chi connectivity index (χ3n) is 4.44. The van der Waals surface area contributed by atoms with E-state index in [1.54, 1.807) is 0 Å². The van der Waals surface area contributed by atoms with Crippen molar-refractivity contribution in [2.24, 2.45) is 0 Å². The Bertz CT molecular complexity index is 734. The summed E-state index contributed by atoms with van der Waals surface area (Å²) < 4.78 is 0. The molecular weight excluding hydrogens is 292 g/mol. The normalized spacial score (nSPS) is 21.4. The molecule has 1 aromatic heterocycles. The zero-order chi connectivity index (χ0) is 16.2. The van der Waals surface area contributed by atoms with E-state index in [1.165, 1.54) is 0 Å². The van der Waals surface area contributed by atoms with Crippen LogP contribution in [0.2, 0.25) is 0 Å². The Balaban J connectivity index is 1.46. The second-order valence-corrected chi connectivity index (χ2v) is 6.46. The first-order valence-electron chi connectivity index (χ1n) is 8.34. The lowest BCUT2D eigenvalue weighted by molar-refractivity contribution is -0.122. The molecule has 1 aliphatic heterocycles. The fraction of sp³-hybridized carbons (Fsp3) is 0.529. The maximum absolute atomic E-state index is 12.0. The first-order valence-corrected chi connectivity index (χ1v) is 8.34. The lowest BCUT2D eigenvalue weighted by Gasteiger charge is -2.28. The molecule has 4 N–H and O–H groups in total. The number of aromatic amines is 2. The number of rotatable bonds is 5. The van der Waals surface area contributed by atoms with Crippen LogP contribution in [0.25, 0.3) is 11.0 Å². The van der Waals surface area contributed by atoms with Gasteiger partial charge in [-0.25, -0.2) is 4.79 Å². The molecule has 3 rings (SSSR count). The minimum Gasteiger partial charge on any atom is -0.353 e. The Morgan fingerprint density at radius 1 is 1.30 bits per heavy atom. The van der Waals surface area contributed by atoms with Gasteiger partial charge in [0.05, 0.1) is 11.0 Å². The van der Waals surface area contributed by atoms with Gasteiger partial charge in [0.2, 0.25) is 5.91 Å². The van der Waals surface area contributed by atoms with Gasteiger partial charge in [-0.1, -0.05) is 6.07 Å². The van der Waals surface area contributed by atoms with E-state index < -0.39 is 0 Å². The number of aromatic nitrogens is 2. The molecule has 1 aliphatic rings. The van der Waals surface area contributed by atoms with Crippen LogP contribution in [-0.2, 0) is 11.2 Å². The molecule has 1 fully saturated rings. The molecule has 1 amide bonds. The first kappa shape index (κ1) is 15.8. The van der Waals surface area contributed by atoms with Crippen molar-refractivity contribution in [2.45, 2.75) is 51.1 Å².